The molecule has 1 heterocycles. The molecule has 2 aromatic rings. The van der Waals surface area contributed by atoms with E-state index in [-0.39, 0.29) is 5.78 Å². The number of hydrogen-bond acceptors (Lipinski definition) is 3. The minimum atomic E-state index is -0.0144. The van der Waals surface area contributed by atoms with Crippen LogP contribution in [0, 0.1) is 0 Å². The summed E-state index contributed by atoms with van der Waals surface area (Å²) in [5, 5.41) is 1.83. The molecule has 2 rings (SSSR count). The maximum absolute atomic E-state index is 12.1. The summed E-state index contributed by atoms with van der Waals surface area (Å²) in [6.45, 7) is 0. The van der Waals surface area contributed by atoms with E-state index in [1.165, 1.54) is 11.3 Å². The molecule has 0 aliphatic rings. The first kappa shape index (κ1) is 11.4. The van der Waals surface area contributed by atoms with E-state index in [4.69, 9.17) is 4.74 Å². The number of ether oxygens (including phenoxy) is 1. The van der Waals surface area contributed by atoms with Crippen LogP contribution in [-0.4, -0.2) is 12.9 Å². The number of ketones is 1. The molecule has 0 aliphatic heterocycles. The van der Waals surface area contributed by atoms with Crippen molar-refractivity contribution in [2.75, 3.05) is 7.11 Å². The Morgan fingerprint density at radius 2 is 2.12 bits per heavy atom. The first-order valence-corrected chi connectivity index (χ1v) is 6.31. The lowest BCUT2D eigenvalue weighted by Gasteiger charge is -2.05. The van der Waals surface area contributed by atoms with E-state index in [1.54, 1.807) is 19.2 Å². The van der Waals surface area contributed by atoms with Crippen LogP contribution in [0.25, 0.3) is 0 Å². The van der Waals surface area contributed by atoms with E-state index in [1.807, 2.05) is 23.6 Å². The van der Waals surface area contributed by atoms with Gasteiger partial charge in [-0.2, -0.15) is 0 Å². The summed E-state index contributed by atoms with van der Waals surface area (Å²) in [5.74, 6) is 0.592. The third-order valence-corrected chi connectivity index (χ3v) is 3.69. The second kappa shape index (κ2) is 4.80. The molecule has 16 heavy (non-hydrogen) atoms. The van der Waals surface area contributed by atoms with Crippen molar-refractivity contribution in [2.45, 2.75) is 0 Å². The van der Waals surface area contributed by atoms with Crippen LogP contribution in [0.1, 0.15) is 15.9 Å². The molecule has 0 saturated heterocycles. The van der Waals surface area contributed by atoms with Crippen LogP contribution in [0.4, 0.5) is 0 Å². The van der Waals surface area contributed by atoms with Gasteiger partial charge in [-0.3, -0.25) is 4.79 Å². The highest BCUT2D eigenvalue weighted by Crippen LogP contribution is 2.26. The number of halogens is 1. The molecule has 1 aromatic heterocycles. The molecule has 0 fully saturated rings. The predicted octanol–water partition coefficient (Wildman–Crippen LogP) is 3.75. The Bertz CT molecular complexity index is 519. The number of rotatable bonds is 3. The average Bonchev–Trinajstić information content (AvgIpc) is 2.75. The second-order valence-corrected chi connectivity index (χ2v) is 5.46. The number of hydrogen-bond donors (Lipinski definition) is 0. The Labute approximate surface area is 106 Å². The fourth-order valence-corrected chi connectivity index (χ4v) is 2.55. The number of carbonyl (C=O) groups is 1. The Morgan fingerprint density at radius 1 is 1.38 bits per heavy atom. The van der Waals surface area contributed by atoms with Gasteiger partial charge in [-0.1, -0.05) is 12.1 Å². The van der Waals surface area contributed by atoms with Crippen molar-refractivity contribution >= 4 is 33.0 Å². The van der Waals surface area contributed by atoms with Crippen LogP contribution in [0.2, 0.25) is 0 Å². The maximum atomic E-state index is 12.1. The summed E-state index contributed by atoms with van der Waals surface area (Å²) in [4.78, 5) is 12.1. The summed E-state index contributed by atoms with van der Waals surface area (Å²) < 4.78 is 6.12. The fourth-order valence-electron chi connectivity index (χ4n) is 1.42. The topological polar surface area (TPSA) is 26.3 Å². The zero-order chi connectivity index (χ0) is 11.5. The van der Waals surface area contributed by atoms with Crippen LogP contribution >= 0.6 is 27.3 Å². The molecule has 0 unspecified atom stereocenters. The molecule has 0 atom stereocenters. The van der Waals surface area contributed by atoms with Crippen molar-refractivity contribution in [1.82, 2.24) is 0 Å². The smallest absolute Gasteiger partial charge is 0.197 e. The van der Waals surface area contributed by atoms with Gasteiger partial charge < -0.3 is 4.74 Å². The SMILES string of the molecule is COc1ccccc1C(=O)c1csc(Br)c1. The van der Waals surface area contributed by atoms with Crippen molar-refractivity contribution in [2.24, 2.45) is 0 Å². The molecule has 0 amide bonds. The first-order chi connectivity index (χ1) is 7.72. The third-order valence-electron chi connectivity index (χ3n) is 2.18. The predicted molar refractivity (Wildman–Crippen MR) is 68.4 cm³/mol. The highest BCUT2D eigenvalue weighted by atomic mass is 79.9. The summed E-state index contributed by atoms with van der Waals surface area (Å²) in [7, 11) is 1.57. The standard InChI is InChI=1S/C12H9BrO2S/c1-15-10-5-3-2-4-9(10)12(14)8-6-11(13)16-7-8/h2-7H,1H3. The number of carbonyl (C=O) groups excluding carboxylic acids is 1. The normalized spacial score (nSPS) is 10.1. The number of thiophene rings is 1. The van der Waals surface area contributed by atoms with Crippen molar-refractivity contribution in [3.63, 3.8) is 0 Å². The highest BCUT2D eigenvalue weighted by molar-refractivity contribution is 9.11. The summed E-state index contributed by atoms with van der Waals surface area (Å²) in [6.07, 6.45) is 0. The van der Waals surface area contributed by atoms with Gasteiger partial charge in [-0.05, 0) is 34.1 Å². The second-order valence-electron chi connectivity index (χ2n) is 3.17. The van der Waals surface area contributed by atoms with Gasteiger partial charge >= 0.3 is 0 Å². The van der Waals surface area contributed by atoms with Crippen molar-refractivity contribution in [3.05, 3.63) is 50.6 Å². The van der Waals surface area contributed by atoms with E-state index in [2.05, 4.69) is 15.9 Å². The quantitative estimate of drug-likeness (QED) is 0.807. The zero-order valence-electron chi connectivity index (χ0n) is 8.57. The molecule has 0 aliphatic carbocycles. The lowest BCUT2D eigenvalue weighted by molar-refractivity contribution is 0.103. The molecule has 1 aromatic carbocycles. The van der Waals surface area contributed by atoms with Gasteiger partial charge in [-0.25, -0.2) is 0 Å². The molecule has 4 heteroatoms. The lowest BCUT2D eigenvalue weighted by atomic mass is 10.1. The fraction of sp³-hybridized carbons (Fsp3) is 0.0833. The van der Waals surface area contributed by atoms with E-state index in [9.17, 15) is 4.79 Å². The van der Waals surface area contributed by atoms with E-state index < -0.39 is 0 Å². The Morgan fingerprint density at radius 3 is 2.75 bits per heavy atom. The van der Waals surface area contributed by atoms with Crippen molar-refractivity contribution in [1.29, 1.82) is 0 Å². The monoisotopic (exact) mass is 296 g/mol. The van der Waals surface area contributed by atoms with Crippen LogP contribution in [0.3, 0.4) is 0 Å². The first-order valence-electron chi connectivity index (χ1n) is 4.64. The van der Waals surface area contributed by atoms with Gasteiger partial charge in [0, 0.05) is 10.9 Å². The minimum Gasteiger partial charge on any atom is -0.496 e. The van der Waals surface area contributed by atoms with E-state index >= 15 is 0 Å². The average molecular weight is 297 g/mol. The van der Waals surface area contributed by atoms with Gasteiger partial charge in [0.2, 0.25) is 0 Å². The lowest BCUT2D eigenvalue weighted by Crippen LogP contribution is -2.02. The minimum absolute atomic E-state index is 0.0144. The van der Waals surface area contributed by atoms with Gasteiger partial charge in [-0.15, -0.1) is 11.3 Å². The van der Waals surface area contributed by atoms with E-state index in [0.29, 0.717) is 16.9 Å². The van der Waals surface area contributed by atoms with Gasteiger partial charge in [0.1, 0.15) is 5.75 Å². The Hall–Kier alpha value is -1.13. The molecular weight excluding hydrogens is 288 g/mol. The highest BCUT2D eigenvalue weighted by Gasteiger charge is 2.14. The van der Waals surface area contributed by atoms with Crippen molar-refractivity contribution < 1.29 is 9.53 Å². The van der Waals surface area contributed by atoms with Crippen LogP contribution in [0.5, 0.6) is 5.75 Å². The maximum Gasteiger partial charge on any atom is 0.197 e. The number of methoxy groups -OCH3 is 1. The summed E-state index contributed by atoms with van der Waals surface area (Å²) in [5.41, 5.74) is 1.27. The zero-order valence-corrected chi connectivity index (χ0v) is 11.0. The molecule has 0 radical (unpaired) electrons. The van der Waals surface area contributed by atoms with Gasteiger partial charge in [0.05, 0.1) is 16.5 Å². The Balaban J connectivity index is 2.41. The molecule has 0 saturated carbocycles. The number of benzene rings is 1. The molecule has 0 N–H and O–H groups in total. The number of para-hydroxylation sites is 1. The molecule has 82 valence electrons. The molecule has 0 bridgehead atoms. The largest absolute Gasteiger partial charge is 0.496 e. The van der Waals surface area contributed by atoms with Crippen LogP contribution in [-0.2, 0) is 0 Å². The van der Waals surface area contributed by atoms with Crippen molar-refractivity contribution in [3.8, 4) is 5.75 Å². The van der Waals surface area contributed by atoms with E-state index in [0.717, 1.165) is 3.79 Å². The van der Waals surface area contributed by atoms with Crippen LogP contribution < -0.4 is 4.74 Å². The van der Waals surface area contributed by atoms with Gasteiger partial charge in [0.25, 0.3) is 0 Å². The third kappa shape index (κ3) is 2.18. The molecular formula is C12H9BrO2S. The Kier molecular flexibility index (Phi) is 3.41. The summed E-state index contributed by atoms with van der Waals surface area (Å²) in [6, 6.07) is 9.05. The van der Waals surface area contributed by atoms with Crippen LogP contribution in [0.15, 0.2) is 39.5 Å². The molecule has 0 spiro atoms. The molecule has 2 nitrogen and oxygen atoms in total. The van der Waals surface area contributed by atoms with Gasteiger partial charge in [0.15, 0.2) is 5.78 Å². The summed E-state index contributed by atoms with van der Waals surface area (Å²) >= 11 is 4.84.